The first kappa shape index (κ1) is 21.4. The molecule has 0 saturated carbocycles. The quantitative estimate of drug-likeness (QED) is 0.479. The summed E-state index contributed by atoms with van der Waals surface area (Å²) in [7, 11) is -1.77. The molecule has 0 radical (unpaired) electrons. The Morgan fingerprint density at radius 3 is 2.04 bits per heavy atom. The maximum absolute atomic E-state index is 12.8. The third-order valence-electron chi connectivity index (χ3n) is 4.37. The van der Waals surface area contributed by atoms with Gasteiger partial charge in [0.25, 0.3) is 0 Å². The van der Waals surface area contributed by atoms with Gasteiger partial charge >= 0.3 is 5.97 Å². The van der Waals surface area contributed by atoms with Gasteiger partial charge in [0.1, 0.15) is 5.60 Å². The highest BCUT2D eigenvalue weighted by Crippen LogP contribution is 2.47. The Morgan fingerprint density at radius 1 is 1.09 bits per heavy atom. The van der Waals surface area contributed by atoms with E-state index in [-0.39, 0.29) is 11.0 Å². The van der Waals surface area contributed by atoms with Crippen molar-refractivity contribution in [2.24, 2.45) is 0 Å². The van der Waals surface area contributed by atoms with Crippen molar-refractivity contribution in [2.75, 3.05) is 18.1 Å². The third kappa shape index (κ3) is 6.29. The van der Waals surface area contributed by atoms with Crippen molar-refractivity contribution in [2.45, 2.75) is 82.2 Å². The van der Waals surface area contributed by atoms with Gasteiger partial charge in [0.05, 0.1) is 0 Å². The summed E-state index contributed by atoms with van der Waals surface area (Å²) >= 11 is 3.48. The van der Waals surface area contributed by atoms with E-state index in [0.717, 1.165) is 24.3 Å². The summed E-state index contributed by atoms with van der Waals surface area (Å²) in [5.74, 6) is 1.96. The zero-order valence-electron chi connectivity index (χ0n) is 16.1. The summed E-state index contributed by atoms with van der Waals surface area (Å²) in [6.45, 7) is 17.7. The number of carbonyl (C=O) groups excluding carboxylic acids is 1. The minimum atomic E-state index is -1.77. The second kappa shape index (κ2) is 7.71. The second-order valence-corrected chi connectivity index (χ2v) is 16.5. The Morgan fingerprint density at radius 2 is 1.61 bits per heavy atom. The molecule has 1 rings (SSSR count). The first-order valence-electron chi connectivity index (χ1n) is 8.44. The topological polar surface area (TPSA) is 35.5 Å². The predicted octanol–water partition coefficient (Wildman–Crippen LogP) is 5.31. The van der Waals surface area contributed by atoms with Gasteiger partial charge in [0.15, 0.2) is 12.4 Å². The maximum atomic E-state index is 12.8. The lowest BCUT2D eigenvalue weighted by molar-refractivity contribution is -0.155. The van der Waals surface area contributed by atoms with Crippen LogP contribution in [0.1, 0.15) is 54.4 Å². The van der Waals surface area contributed by atoms with E-state index in [9.17, 15) is 4.79 Å². The molecule has 0 aliphatic carbocycles. The zero-order valence-corrected chi connectivity index (χ0v) is 18.7. The van der Waals surface area contributed by atoms with Crippen molar-refractivity contribution in [3.05, 3.63) is 0 Å². The van der Waals surface area contributed by atoms with Crippen LogP contribution in [0.3, 0.4) is 0 Å². The minimum absolute atomic E-state index is 0.0847. The number of esters is 1. The smallest absolute Gasteiger partial charge is 0.333 e. The maximum Gasteiger partial charge on any atom is 0.333 e. The van der Waals surface area contributed by atoms with Gasteiger partial charge < -0.3 is 9.16 Å². The van der Waals surface area contributed by atoms with Crippen molar-refractivity contribution >= 4 is 37.8 Å². The average molecular weight is 379 g/mol. The molecule has 0 bridgehead atoms. The van der Waals surface area contributed by atoms with Crippen LogP contribution in [-0.4, -0.2) is 42.1 Å². The van der Waals surface area contributed by atoms with Crippen LogP contribution in [0, 0.1) is 0 Å². The molecular weight excluding hydrogens is 344 g/mol. The molecule has 0 unspecified atom stereocenters. The Balaban J connectivity index is 2.74. The largest absolute Gasteiger partial charge is 0.458 e. The molecule has 23 heavy (non-hydrogen) atoms. The Labute approximate surface area is 152 Å². The molecule has 0 aromatic heterocycles. The van der Waals surface area contributed by atoms with Crippen LogP contribution < -0.4 is 0 Å². The first-order chi connectivity index (χ1) is 10.3. The minimum Gasteiger partial charge on any atom is -0.458 e. The van der Waals surface area contributed by atoms with Crippen LogP contribution in [0.25, 0.3) is 0 Å². The monoisotopic (exact) mass is 378 g/mol. The van der Waals surface area contributed by atoms with Crippen LogP contribution in [0.4, 0.5) is 0 Å². The van der Waals surface area contributed by atoms with Crippen LogP contribution in [0.5, 0.6) is 0 Å². The molecule has 136 valence electrons. The molecule has 1 fully saturated rings. The van der Waals surface area contributed by atoms with E-state index in [1.807, 2.05) is 20.8 Å². The van der Waals surface area contributed by atoms with Crippen LogP contribution in [0.2, 0.25) is 18.1 Å². The van der Waals surface area contributed by atoms with E-state index in [1.165, 1.54) is 0 Å². The van der Waals surface area contributed by atoms with Crippen LogP contribution >= 0.6 is 23.5 Å². The zero-order chi connectivity index (χ0) is 17.9. The summed E-state index contributed by atoms with van der Waals surface area (Å²) in [6, 6.07) is 0. The molecule has 0 atom stereocenters. The van der Waals surface area contributed by atoms with E-state index in [0.29, 0.717) is 6.61 Å². The summed E-state index contributed by atoms with van der Waals surface area (Å²) < 4.78 is 11.5. The molecule has 0 spiro atoms. The van der Waals surface area contributed by atoms with Gasteiger partial charge in [-0.25, -0.2) is 4.79 Å². The molecule has 1 saturated heterocycles. The van der Waals surface area contributed by atoms with Gasteiger partial charge in [-0.3, -0.25) is 0 Å². The lowest BCUT2D eigenvalue weighted by Gasteiger charge is -2.39. The van der Waals surface area contributed by atoms with Gasteiger partial charge in [0.2, 0.25) is 0 Å². The fraction of sp³-hybridized carbons (Fsp3) is 0.941. The number of thioether (sulfide) groups is 2. The average Bonchev–Trinajstić information content (AvgIpc) is 2.36. The van der Waals surface area contributed by atoms with Crippen molar-refractivity contribution in [3.63, 3.8) is 0 Å². The number of ether oxygens (including phenoxy) is 1. The van der Waals surface area contributed by atoms with E-state index in [2.05, 4.69) is 33.9 Å². The SMILES string of the molecule is CC(C)(C)OC(=O)C1(CCO[Si](C)(C)C(C)(C)C)SCCCS1. The van der Waals surface area contributed by atoms with Gasteiger partial charge in [-0.05, 0) is 56.8 Å². The number of rotatable bonds is 5. The molecule has 1 heterocycles. The highest BCUT2D eigenvalue weighted by molar-refractivity contribution is 8.19. The number of hydrogen-bond donors (Lipinski definition) is 0. The molecular formula is C17H34O3S2Si. The molecule has 0 N–H and O–H groups in total. The lowest BCUT2D eigenvalue weighted by atomic mass is 10.2. The molecule has 3 nitrogen and oxygen atoms in total. The normalized spacial score (nSPS) is 19.5. The Bertz CT molecular complexity index is 405. The van der Waals surface area contributed by atoms with E-state index in [1.54, 1.807) is 23.5 Å². The third-order valence-corrected chi connectivity index (χ3v) is 12.3. The van der Waals surface area contributed by atoms with E-state index in [4.69, 9.17) is 9.16 Å². The molecule has 0 amide bonds. The summed E-state index contributed by atoms with van der Waals surface area (Å²) in [5, 5.41) is 0.193. The van der Waals surface area contributed by atoms with E-state index >= 15 is 0 Å². The Hall–Kier alpha value is 0.347. The van der Waals surface area contributed by atoms with Gasteiger partial charge in [-0.15, -0.1) is 23.5 Å². The first-order valence-corrected chi connectivity index (χ1v) is 13.3. The standard InChI is InChI=1S/C17H34O3S2Si/c1-15(2,3)20-14(18)17(21-12-9-13-22-17)10-11-19-23(7,8)16(4,5)6/h9-13H2,1-8H3. The summed E-state index contributed by atoms with van der Waals surface area (Å²) in [6.07, 6.45) is 1.88. The lowest BCUT2D eigenvalue weighted by Crippen LogP contribution is -2.44. The van der Waals surface area contributed by atoms with Crippen molar-refractivity contribution in [3.8, 4) is 0 Å². The fourth-order valence-electron chi connectivity index (χ4n) is 1.95. The molecule has 1 aliphatic rings. The highest BCUT2D eigenvalue weighted by Gasteiger charge is 2.45. The number of hydrogen-bond acceptors (Lipinski definition) is 5. The molecule has 0 aromatic carbocycles. The van der Waals surface area contributed by atoms with E-state index < -0.39 is 18.0 Å². The van der Waals surface area contributed by atoms with Crippen molar-refractivity contribution in [1.29, 1.82) is 0 Å². The predicted molar refractivity (Wildman–Crippen MR) is 106 cm³/mol. The molecule has 6 heteroatoms. The second-order valence-electron chi connectivity index (χ2n) is 8.66. The van der Waals surface area contributed by atoms with Gasteiger partial charge in [-0.1, -0.05) is 20.8 Å². The molecule has 0 aromatic rings. The fourth-order valence-corrected chi connectivity index (χ4v) is 6.02. The van der Waals surface area contributed by atoms with Crippen molar-refractivity contribution < 1.29 is 14.0 Å². The van der Waals surface area contributed by atoms with Gasteiger partial charge in [-0.2, -0.15) is 0 Å². The summed E-state index contributed by atoms with van der Waals surface area (Å²) in [4.78, 5) is 12.8. The van der Waals surface area contributed by atoms with Gasteiger partial charge in [0, 0.05) is 13.0 Å². The highest BCUT2D eigenvalue weighted by atomic mass is 32.2. The van der Waals surface area contributed by atoms with Crippen molar-refractivity contribution in [1.82, 2.24) is 0 Å². The Kier molecular flexibility index (Phi) is 7.17. The summed E-state index contributed by atoms with van der Waals surface area (Å²) in [5.41, 5.74) is -0.442. The molecule has 1 aliphatic heterocycles. The van der Waals surface area contributed by atoms with Crippen LogP contribution in [0.15, 0.2) is 0 Å². The number of carbonyl (C=O) groups is 1. The van der Waals surface area contributed by atoms with Crippen LogP contribution in [-0.2, 0) is 14.0 Å².